The summed E-state index contributed by atoms with van der Waals surface area (Å²) < 4.78 is 0. The van der Waals surface area contributed by atoms with Crippen LogP contribution < -0.4 is 0 Å². The van der Waals surface area contributed by atoms with E-state index in [2.05, 4.69) is 123 Å². The predicted octanol–water partition coefficient (Wildman–Crippen LogP) is 8.23. The Hall–Kier alpha value is -1.47. The number of thioether (sulfide) groups is 2. The van der Waals surface area contributed by atoms with E-state index in [1.165, 1.54) is 26.1 Å². The van der Waals surface area contributed by atoms with Gasteiger partial charge in [-0.3, -0.25) is 0 Å². The molecule has 0 spiro atoms. The van der Waals surface area contributed by atoms with Crippen LogP contribution in [0.4, 0.5) is 0 Å². The fraction of sp³-hybridized carbons (Fsp3) is 0.231. The van der Waals surface area contributed by atoms with Crippen molar-refractivity contribution in [3.05, 3.63) is 102 Å². The first-order valence-corrected chi connectivity index (χ1v) is 19.0. The van der Waals surface area contributed by atoms with Crippen molar-refractivity contribution in [1.82, 2.24) is 0 Å². The van der Waals surface area contributed by atoms with Gasteiger partial charge in [0.1, 0.15) is 0 Å². The van der Waals surface area contributed by atoms with Crippen molar-refractivity contribution in [2.75, 3.05) is 10.8 Å². The molecule has 0 aliphatic carbocycles. The second kappa shape index (κ2) is 10.7. The lowest BCUT2D eigenvalue weighted by Crippen LogP contribution is -2.36. The molecule has 0 saturated heterocycles. The lowest BCUT2D eigenvalue weighted by Gasteiger charge is -2.30. The van der Waals surface area contributed by atoms with Crippen molar-refractivity contribution in [3.8, 4) is 0 Å². The minimum absolute atomic E-state index is 1.20. The highest BCUT2D eigenvalue weighted by Crippen LogP contribution is 2.34. The Bertz CT molecular complexity index is 937. The molecule has 0 aliphatic heterocycles. The smallest absolute Gasteiger partial charge is 0.0906 e. The maximum Gasteiger partial charge on any atom is 0.0906 e. The monoisotopic (exact) mass is 464 g/mol. The van der Waals surface area contributed by atoms with E-state index in [1.54, 1.807) is 5.20 Å². The van der Waals surface area contributed by atoms with Crippen molar-refractivity contribution in [3.63, 3.8) is 0 Å². The summed E-state index contributed by atoms with van der Waals surface area (Å²) in [4.78, 5) is 2.76. The third-order valence-corrected chi connectivity index (χ3v) is 16.5. The minimum Gasteiger partial charge on any atom is -0.129 e. The molecule has 4 heteroatoms. The third kappa shape index (κ3) is 7.05. The zero-order valence-electron chi connectivity index (χ0n) is 18.5. The van der Waals surface area contributed by atoms with Crippen molar-refractivity contribution in [1.29, 1.82) is 0 Å². The van der Waals surface area contributed by atoms with E-state index >= 15 is 0 Å². The largest absolute Gasteiger partial charge is 0.129 e. The summed E-state index contributed by atoms with van der Waals surface area (Å²) in [5.74, 6) is 0. The van der Waals surface area contributed by atoms with Gasteiger partial charge >= 0.3 is 0 Å². The van der Waals surface area contributed by atoms with E-state index < -0.39 is 16.1 Å². The number of rotatable bonds is 9. The fourth-order valence-electron chi connectivity index (χ4n) is 3.36. The summed E-state index contributed by atoms with van der Waals surface area (Å²) in [5.41, 5.74) is 4.14. The van der Waals surface area contributed by atoms with E-state index in [9.17, 15) is 0 Å². The topological polar surface area (TPSA) is 0 Å². The van der Waals surface area contributed by atoms with Crippen LogP contribution in [0, 0.1) is 0 Å². The van der Waals surface area contributed by atoms with Crippen molar-refractivity contribution in [2.45, 2.75) is 36.0 Å². The van der Waals surface area contributed by atoms with E-state index in [0.717, 1.165) is 0 Å². The molecule has 0 atom stereocenters. The van der Waals surface area contributed by atoms with E-state index in [4.69, 9.17) is 0 Å². The van der Waals surface area contributed by atoms with Crippen LogP contribution in [-0.2, 0) is 0 Å². The molecule has 3 aromatic carbocycles. The summed E-state index contributed by atoms with van der Waals surface area (Å²) in [6.07, 6.45) is 0. The maximum atomic E-state index is 2.72. The Labute approximate surface area is 193 Å². The summed E-state index contributed by atoms with van der Waals surface area (Å²) in [7, 11) is -3.15. The highest BCUT2D eigenvalue weighted by Gasteiger charge is 2.30. The molecule has 0 unspecified atom stereocenters. The summed E-state index contributed by atoms with van der Waals surface area (Å²) in [5, 5.41) is 4.05. The van der Waals surface area contributed by atoms with E-state index in [0.29, 0.717) is 0 Å². The highest BCUT2D eigenvalue weighted by atomic mass is 32.2. The molecule has 30 heavy (non-hydrogen) atoms. The van der Waals surface area contributed by atoms with Crippen molar-refractivity contribution >= 4 is 44.9 Å². The van der Waals surface area contributed by atoms with Gasteiger partial charge in [-0.2, -0.15) is 0 Å². The van der Waals surface area contributed by atoms with E-state index in [-0.39, 0.29) is 0 Å². The molecule has 0 aliphatic rings. The molecule has 0 N–H and O–H groups in total. The average molecular weight is 465 g/mol. The van der Waals surface area contributed by atoms with Crippen molar-refractivity contribution in [2.24, 2.45) is 0 Å². The van der Waals surface area contributed by atoms with Crippen molar-refractivity contribution < 1.29 is 0 Å². The molecule has 0 nitrogen and oxygen atoms in total. The Morgan fingerprint density at radius 2 is 1.07 bits per heavy atom. The first-order valence-electron chi connectivity index (χ1n) is 10.5. The Balaban J connectivity index is 1.83. The SMILES string of the molecule is C[Si](C)(/C=C(\c1ccccc1)[Si](C)(C)CSc1ccccc1)CSc1ccccc1. The van der Waals surface area contributed by atoms with Gasteiger partial charge in [0.25, 0.3) is 0 Å². The first kappa shape index (κ1) is 23.2. The van der Waals surface area contributed by atoms with Gasteiger partial charge < -0.3 is 0 Å². The molecule has 0 bridgehead atoms. The lowest BCUT2D eigenvalue weighted by atomic mass is 10.2. The number of hydrogen-bond donors (Lipinski definition) is 0. The molecule has 3 aromatic rings. The van der Waals surface area contributed by atoms with Gasteiger partial charge in [0.15, 0.2) is 0 Å². The van der Waals surface area contributed by atoms with Gasteiger partial charge in [-0.15, -0.1) is 23.5 Å². The molecule has 0 saturated carbocycles. The van der Waals surface area contributed by atoms with Crippen LogP contribution in [0.3, 0.4) is 0 Å². The predicted molar refractivity (Wildman–Crippen MR) is 144 cm³/mol. The number of benzene rings is 3. The summed E-state index contributed by atoms with van der Waals surface area (Å²) in [6, 6.07) is 32.8. The van der Waals surface area contributed by atoms with Crippen LogP contribution in [0.1, 0.15) is 5.56 Å². The Morgan fingerprint density at radius 3 is 1.57 bits per heavy atom. The zero-order chi connectivity index (χ0) is 21.5. The van der Waals surface area contributed by atoms with Crippen LogP contribution >= 0.6 is 23.5 Å². The molecule has 0 heterocycles. The molecule has 3 rings (SSSR count). The average Bonchev–Trinajstić information content (AvgIpc) is 2.77. The Morgan fingerprint density at radius 1 is 0.633 bits per heavy atom. The van der Waals surface area contributed by atoms with Gasteiger partial charge in [-0.05, 0) is 40.6 Å². The standard InChI is InChI=1S/C26H32S2Si2/c1-29(2,21-27-24-16-10-6-11-17-24)20-26(23-14-8-5-9-15-23)30(3,4)22-28-25-18-12-7-13-19-25/h5-20H,21-22H2,1-4H3/b26-20+. The van der Waals surface area contributed by atoms with Crippen LogP contribution in [-0.4, -0.2) is 26.9 Å². The molecule has 0 aromatic heterocycles. The fourth-order valence-corrected chi connectivity index (χ4v) is 13.9. The van der Waals surface area contributed by atoms with Gasteiger partial charge in [0.2, 0.25) is 0 Å². The minimum atomic E-state index is -1.62. The van der Waals surface area contributed by atoms with Gasteiger partial charge in [0, 0.05) is 9.79 Å². The Kier molecular flexibility index (Phi) is 8.29. The molecule has 156 valence electrons. The third-order valence-electron chi connectivity index (χ3n) is 5.05. The molecule has 0 amide bonds. The zero-order valence-corrected chi connectivity index (χ0v) is 22.1. The van der Waals surface area contributed by atoms with Gasteiger partial charge in [-0.25, -0.2) is 0 Å². The number of hydrogen-bond acceptors (Lipinski definition) is 2. The van der Waals surface area contributed by atoms with Crippen LogP contribution in [0.2, 0.25) is 26.2 Å². The maximum absolute atomic E-state index is 2.72. The molecule has 0 radical (unpaired) electrons. The summed E-state index contributed by atoms with van der Waals surface area (Å²) >= 11 is 4.03. The van der Waals surface area contributed by atoms with Crippen LogP contribution in [0.5, 0.6) is 0 Å². The summed E-state index contributed by atoms with van der Waals surface area (Å²) in [6.45, 7) is 10.1. The van der Waals surface area contributed by atoms with Gasteiger partial charge in [0.05, 0.1) is 16.1 Å². The normalized spacial score (nSPS) is 12.7. The molecule has 0 fully saturated rings. The second-order valence-corrected chi connectivity index (χ2v) is 21.4. The molecular formula is C26H32S2Si2. The van der Waals surface area contributed by atoms with Crippen LogP contribution in [0.25, 0.3) is 5.20 Å². The second-order valence-electron chi connectivity index (χ2n) is 9.00. The van der Waals surface area contributed by atoms with E-state index in [1.807, 2.05) is 23.5 Å². The first-order chi connectivity index (χ1) is 14.4. The van der Waals surface area contributed by atoms with Crippen LogP contribution in [0.15, 0.2) is 106 Å². The lowest BCUT2D eigenvalue weighted by molar-refractivity contribution is 1.46. The highest BCUT2D eigenvalue weighted by molar-refractivity contribution is 8.01. The van der Waals surface area contributed by atoms with Gasteiger partial charge in [-0.1, -0.05) is 104 Å². The molecular weight excluding hydrogens is 433 g/mol. The quantitative estimate of drug-likeness (QED) is 0.231.